The summed E-state index contributed by atoms with van der Waals surface area (Å²) >= 11 is 0. The summed E-state index contributed by atoms with van der Waals surface area (Å²) in [5.74, 6) is -0.772. The van der Waals surface area contributed by atoms with Gasteiger partial charge >= 0.3 is 5.97 Å². The van der Waals surface area contributed by atoms with Crippen LogP contribution in [0, 0.1) is 11.6 Å². The first-order valence-electron chi connectivity index (χ1n) is 13.1. The Bertz CT molecular complexity index is 1220. The Kier molecular flexibility index (Phi) is 10.3. The molecule has 39 heavy (non-hydrogen) atoms. The second-order valence-corrected chi connectivity index (χ2v) is 9.38. The van der Waals surface area contributed by atoms with Crippen molar-refractivity contribution < 1.29 is 23.4 Å². The average molecular weight is 542 g/mol. The number of aryl methyl sites for hydroxylation is 2. The maximum atomic E-state index is 13.4. The Morgan fingerprint density at radius 2 is 1.95 bits per heavy atom. The first-order chi connectivity index (χ1) is 19.0. The van der Waals surface area contributed by atoms with E-state index in [0.29, 0.717) is 25.4 Å². The minimum atomic E-state index is -1.06. The first-order valence-corrected chi connectivity index (χ1v) is 13.1. The quantitative estimate of drug-likeness (QED) is 0.246. The molecule has 0 fully saturated rings. The van der Waals surface area contributed by atoms with Crippen LogP contribution in [0.1, 0.15) is 36.9 Å². The molecule has 10 nitrogen and oxygen atoms in total. The second-order valence-electron chi connectivity index (χ2n) is 9.38. The molecule has 4 rings (SSSR count). The zero-order chi connectivity index (χ0) is 27.5. The molecule has 0 bridgehead atoms. The molecule has 0 aromatic carbocycles. The first kappa shape index (κ1) is 28.1. The van der Waals surface area contributed by atoms with Crippen molar-refractivity contribution in [2.45, 2.75) is 44.6 Å². The molecule has 0 spiro atoms. The van der Waals surface area contributed by atoms with Crippen molar-refractivity contribution in [3.05, 3.63) is 65.9 Å². The van der Waals surface area contributed by atoms with Gasteiger partial charge in [0.15, 0.2) is 5.82 Å². The van der Waals surface area contributed by atoms with Gasteiger partial charge in [-0.15, -0.1) is 0 Å². The average Bonchev–Trinajstić information content (AvgIpc) is 2.93. The zero-order valence-corrected chi connectivity index (χ0v) is 21.7. The largest absolute Gasteiger partial charge is 0.491 e. The van der Waals surface area contributed by atoms with E-state index in [1.807, 2.05) is 0 Å². The zero-order valence-electron chi connectivity index (χ0n) is 21.7. The summed E-state index contributed by atoms with van der Waals surface area (Å²) in [5.41, 5.74) is 2.31. The van der Waals surface area contributed by atoms with Crippen LogP contribution in [0.4, 0.5) is 20.5 Å². The standard InChI is InChI=1S/C27H33F2N7O3/c28-20-14-23(18-30-15-20)39-13-12-36(11-8-24(26(37)38)35-27-32-16-21(29)17-33-27)10-2-1-5-22-7-6-19-4-3-9-31-25(19)34-22/h6-7,14-18,24H,1-5,8-13H2,(H,31,34)(H,37,38)(H,32,33,35). The molecule has 0 saturated heterocycles. The second kappa shape index (κ2) is 14.3. The van der Waals surface area contributed by atoms with E-state index in [1.54, 1.807) is 0 Å². The van der Waals surface area contributed by atoms with Crippen molar-refractivity contribution in [3.63, 3.8) is 0 Å². The number of anilines is 2. The van der Waals surface area contributed by atoms with Crippen molar-refractivity contribution in [2.75, 3.05) is 43.4 Å². The van der Waals surface area contributed by atoms with E-state index in [1.165, 1.54) is 17.8 Å². The van der Waals surface area contributed by atoms with Crippen molar-refractivity contribution in [3.8, 4) is 5.75 Å². The van der Waals surface area contributed by atoms with Crippen LogP contribution in [0.15, 0.2) is 43.0 Å². The summed E-state index contributed by atoms with van der Waals surface area (Å²) < 4.78 is 32.2. The third kappa shape index (κ3) is 9.10. The maximum Gasteiger partial charge on any atom is 0.326 e. The number of aliphatic carboxylic acids is 1. The van der Waals surface area contributed by atoms with Crippen molar-refractivity contribution >= 4 is 17.7 Å². The molecule has 3 N–H and O–H groups in total. The number of halogens is 2. The third-order valence-electron chi connectivity index (χ3n) is 6.42. The molecule has 3 aromatic rings. The van der Waals surface area contributed by atoms with Gasteiger partial charge in [0.05, 0.1) is 24.8 Å². The van der Waals surface area contributed by atoms with Crippen LogP contribution < -0.4 is 15.4 Å². The SMILES string of the molecule is O=C(O)C(CCN(CCCCc1ccc2c(n1)NCCC2)CCOc1cncc(F)c1)Nc1ncc(F)cn1. The molecule has 0 saturated carbocycles. The number of hydrogen-bond donors (Lipinski definition) is 3. The van der Waals surface area contributed by atoms with E-state index in [9.17, 15) is 18.7 Å². The van der Waals surface area contributed by atoms with E-state index in [0.717, 1.165) is 68.8 Å². The van der Waals surface area contributed by atoms with E-state index in [4.69, 9.17) is 9.72 Å². The minimum Gasteiger partial charge on any atom is -0.491 e. The van der Waals surface area contributed by atoms with Gasteiger partial charge in [0.25, 0.3) is 0 Å². The minimum absolute atomic E-state index is 0.0457. The Labute approximate surface area is 225 Å². The maximum absolute atomic E-state index is 13.4. The molecule has 0 radical (unpaired) electrons. The highest BCUT2D eigenvalue weighted by Gasteiger charge is 2.20. The van der Waals surface area contributed by atoms with Crippen molar-refractivity contribution in [1.82, 2.24) is 24.8 Å². The molecular formula is C27H33F2N7O3. The molecule has 1 atom stereocenters. The molecule has 1 unspecified atom stereocenters. The van der Waals surface area contributed by atoms with Crippen molar-refractivity contribution in [2.24, 2.45) is 0 Å². The number of nitrogens with one attached hydrogen (secondary N) is 2. The molecule has 0 amide bonds. The van der Waals surface area contributed by atoms with Crippen LogP contribution >= 0.6 is 0 Å². The number of rotatable bonds is 15. The summed E-state index contributed by atoms with van der Waals surface area (Å²) in [6.07, 6.45) is 9.58. The lowest BCUT2D eigenvalue weighted by Gasteiger charge is -2.24. The van der Waals surface area contributed by atoms with Crippen LogP contribution in [0.3, 0.4) is 0 Å². The van der Waals surface area contributed by atoms with E-state index >= 15 is 0 Å². The van der Waals surface area contributed by atoms with Crippen LogP contribution in [-0.2, 0) is 17.6 Å². The number of carboxylic acid groups (broad SMARTS) is 1. The number of fused-ring (bicyclic) bond motifs is 1. The highest BCUT2D eigenvalue weighted by atomic mass is 19.1. The number of pyridine rings is 2. The van der Waals surface area contributed by atoms with Gasteiger partial charge in [0.1, 0.15) is 30.0 Å². The third-order valence-corrected chi connectivity index (χ3v) is 6.42. The summed E-state index contributed by atoms with van der Waals surface area (Å²) in [6.45, 7) is 2.92. The highest BCUT2D eigenvalue weighted by molar-refractivity contribution is 5.76. The van der Waals surface area contributed by atoms with Gasteiger partial charge in [-0.2, -0.15) is 0 Å². The predicted octanol–water partition coefficient (Wildman–Crippen LogP) is 3.56. The number of nitrogens with zero attached hydrogens (tertiary/aromatic N) is 5. The van der Waals surface area contributed by atoms with E-state index in [-0.39, 0.29) is 19.0 Å². The smallest absolute Gasteiger partial charge is 0.326 e. The summed E-state index contributed by atoms with van der Waals surface area (Å²) in [4.78, 5) is 30.1. The molecule has 3 aromatic heterocycles. The van der Waals surface area contributed by atoms with Gasteiger partial charge in [-0.25, -0.2) is 28.5 Å². The monoisotopic (exact) mass is 541 g/mol. The van der Waals surface area contributed by atoms with Gasteiger partial charge in [-0.1, -0.05) is 6.07 Å². The van der Waals surface area contributed by atoms with E-state index in [2.05, 4.69) is 42.6 Å². The molecule has 1 aliphatic heterocycles. The van der Waals surface area contributed by atoms with Crippen LogP contribution in [-0.4, -0.2) is 74.7 Å². The van der Waals surface area contributed by atoms with E-state index < -0.39 is 23.6 Å². The number of unbranched alkanes of at least 4 members (excludes halogenated alkanes) is 1. The van der Waals surface area contributed by atoms with Gasteiger partial charge in [0, 0.05) is 31.4 Å². The molecule has 1 aliphatic rings. The number of ether oxygens (including phenoxy) is 1. The topological polar surface area (TPSA) is 125 Å². The highest BCUT2D eigenvalue weighted by Crippen LogP contribution is 2.20. The fraction of sp³-hybridized carbons (Fsp3) is 0.444. The summed E-state index contributed by atoms with van der Waals surface area (Å²) in [5, 5.41) is 15.8. The Morgan fingerprint density at radius 3 is 2.74 bits per heavy atom. The molecular weight excluding hydrogens is 508 g/mol. The van der Waals surface area contributed by atoms with Gasteiger partial charge in [-0.3, -0.25) is 9.88 Å². The van der Waals surface area contributed by atoms with Gasteiger partial charge in [-0.05, 0) is 56.7 Å². The molecule has 208 valence electrons. The number of carboxylic acids is 1. The number of aromatic nitrogens is 4. The van der Waals surface area contributed by atoms with Crippen LogP contribution in [0.25, 0.3) is 0 Å². The summed E-state index contributed by atoms with van der Waals surface area (Å²) in [6, 6.07) is 4.55. The van der Waals surface area contributed by atoms with Crippen LogP contribution in [0.5, 0.6) is 5.75 Å². The Morgan fingerprint density at radius 1 is 1.10 bits per heavy atom. The Balaban J connectivity index is 1.30. The fourth-order valence-corrected chi connectivity index (χ4v) is 4.36. The molecule has 12 heteroatoms. The lowest BCUT2D eigenvalue weighted by Crippen LogP contribution is -2.37. The van der Waals surface area contributed by atoms with Crippen molar-refractivity contribution in [1.29, 1.82) is 0 Å². The lowest BCUT2D eigenvalue weighted by molar-refractivity contribution is -0.138. The summed E-state index contributed by atoms with van der Waals surface area (Å²) in [7, 11) is 0. The van der Waals surface area contributed by atoms with Gasteiger partial charge in [0.2, 0.25) is 5.95 Å². The molecule has 0 aliphatic carbocycles. The van der Waals surface area contributed by atoms with Crippen LogP contribution in [0.2, 0.25) is 0 Å². The molecule has 4 heterocycles. The normalized spacial score (nSPS) is 13.4. The Hall–Kier alpha value is -3.93. The van der Waals surface area contributed by atoms with Gasteiger partial charge < -0.3 is 20.5 Å². The predicted molar refractivity (Wildman–Crippen MR) is 142 cm³/mol. The number of hydrogen-bond acceptors (Lipinski definition) is 9. The fourth-order valence-electron chi connectivity index (χ4n) is 4.36. The number of carbonyl (C=O) groups is 1. The lowest BCUT2D eigenvalue weighted by atomic mass is 10.1.